The Kier molecular flexibility index (Phi) is 11.2. The summed E-state index contributed by atoms with van der Waals surface area (Å²) in [6.07, 6.45) is 0. The highest BCUT2D eigenvalue weighted by Crippen LogP contribution is 2.54. The highest BCUT2D eigenvalue weighted by molar-refractivity contribution is 6.32. The Labute approximate surface area is 322 Å². The number of ether oxygens (including phenoxy) is 2. The van der Waals surface area contributed by atoms with Gasteiger partial charge in [-0.1, -0.05) is 79.8 Å². The first-order chi connectivity index (χ1) is 24.7. The predicted octanol–water partition coefficient (Wildman–Crippen LogP) is 7.83. The summed E-state index contributed by atoms with van der Waals surface area (Å²) in [6, 6.07) is 18.9. The molecule has 0 bridgehead atoms. The number of carbonyl (C=O) groups is 2. The zero-order valence-electron chi connectivity index (χ0n) is 30.8. The number of amides is 3. The zero-order chi connectivity index (χ0) is 37.4. The van der Waals surface area contributed by atoms with Gasteiger partial charge in [-0.05, 0) is 79.3 Å². The van der Waals surface area contributed by atoms with Gasteiger partial charge >= 0.3 is 6.03 Å². The van der Waals surface area contributed by atoms with E-state index in [0.717, 1.165) is 16.7 Å². The third kappa shape index (κ3) is 7.27. The van der Waals surface area contributed by atoms with Gasteiger partial charge in [-0.25, -0.2) is 4.79 Å². The van der Waals surface area contributed by atoms with Crippen LogP contribution in [0, 0.1) is 0 Å². The molecule has 0 unspecified atom stereocenters. The number of rotatable bonds is 7. The van der Waals surface area contributed by atoms with Crippen LogP contribution in [0.1, 0.15) is 63.8 Å². The van der Waals surface area contributed by atoms with Gasteiger partial charge < -0.3 is 19.3 Å². The van der Waals surface area contributed by atoms with E-state index >= 15 is 4.79 Å². The van der Waals surface area contributed by atoms with Crippen LogP contribution >= 0.6 is 34.8 Å². The van der Waals surface area contributed by atoms with Crippen LogP contribution < -0.4 is 4.74 Å². The minimum Gasteiger partial charge on any atom is -0.493 e. The number of amidine groups is 1. The molecule has 0 saturated carbocycles. The van der Waals surface area contributed by atoms with Gasteiger partial charge in [-0.15, -0.1) is 0 Å². The number of urea groups is 1. The van der Waals surface area contributed by atoms with E-state index in [1.807, 2.05) is 82.3 Å². The van der Waals surface area contributed by atoms with Crippen LogP contribution in [-0.4, -0.2) is 103 Å². The van der Waals surface area contributed by atoms with Crippen molar-refractivity contribution in [3.63, 3.8) is 0 Å². The number of halogens is 3. The van der Waals surface area contributed by atoms with Crippen molar-refractivity contribution in [2.24, 2.45) is 4.99 Å². The maximum atomic E-state index is 15.3. The van der Waals surface area contributed by atoms with Gasteiger partial charge in [0.05, 0.1) is 31.9 Å². The third-order valence-corrected chi connectivity index (χ3v) is 11.5. The van der Waals surface area contributed by atoms with E-state index in [0.29, 0.717) is 97.9 Å². The average Bonchev–Trinajstić information content (AvgIpc) is 3.37. The topological polar surface area (TPSA) is 77.9 Å². The largest absolute Gasteiger partial charge is 0.493 e. The minimum absolute atomic E-state index is 0.0881. The Morgan fingerprint density at radius 3 is 1.96 bits per heavy atom. The zero-order valence-corrected chi connectivity index (χ0v) is 33.1. The second-order valence-corrected chi connectivity index (χ2v) is 16.3. The van der Waals surface area contributed by atoms with Crippen molar-refractivity contribution in [3.05, 3.63) is 98.0 Å². The van der Waals surface area contributed by atoms with E-state index in [-0.39, 0.29) is 17.4 Å². The molecular weight excluding hydrogens is 721 g/mol. The lowest BCUT2D eigenvalue weighted by Crippen LogP contribution is -2.61. The molecular formula is C40H48Cl3N5O4. The minimum atomic E-state index is -1.06. The molecule has 3 aliphatic rings. The molecule has 3 amide bonds. The van der Waals surface area contributed by atoms with Crippen molar-refractivity contribution >= 4 is 52.6 Å². The molecule has 6 rings (SSSR count). The maximum absolute atomic E-state index is 15.3. The van der Waals surface area contributed by atoms with Gasteiger partial charge in [-0.3, -0.25) is 19.6 Å². The molecule has 0 spiro atoms. The van der Waals surface area contributed by atoms with Gasteiger partial charge in [-0.2, -0.15) is 0 Å². The fourth-order valence-electron chi connectivity index (χ4n) is 7.49. The van der Waals surface area contributed by atoms with Crippen LogP contribution in [0.2, 0.25) is 15.1 Å². The molecule has 3 aliphatic heterocycles. The summed E-state index contributed by atoms with van der Waals surface area (Å²) >= 11 is 19.9. The van der Waals surface area contributed by atoms with Crippen molar-refractivity contribution < 1.29 is 19.1 Å². The first kappa shape index (κ1) is 38.4. The molecule has 2 atom stereocenters. The summed E-state index contributed by atoms with van der Waals surface area (Å²) in [5.74, 6) is 1.14. The van der Waals surface area contributed by atoms with E-state index in [1.54, 1.807) is 0 Å². The van der Waals surface area contributed by atoms with Crippen LogP contribution in [-0.2, 0) is 26.0 Å². The van der Waals surface area contributed by atoms with Crippen LogP contribution in [0.3, 0.4) is 0 Å². The van der Waals surface area contributed by atoms with Crippen molar-refractivity contribution in [2.75, 3.05) is 65.6 Å². The van der Waals surface area contributed by atoms with Crippen molar-refractivity contribution in [1.82, 2.24) is 19.6 Å². The Bertz CT molecular complexity index is 1820. The van der Waals surface area contributed by atoms with E-state index in [9.17, 15) is 4.79 Å². The van der Waals surface area contributed by atoms with E-state index < -0.39 is 11.1 Å². The lowest BCUT2D eigenvalue weighted by molar-refractivity contribution is -0.136. The molecule has 2 saturated heterocycles. The normalized spacial score (nSPS) is 22.8. The predicted molar refractivity (Wildman–Crippen MR) is 208 cm³/mol. The highest BCUT2D eigenvalue weighted by atomic mass is 35.5. The standard InChI is InChI=1S/C40H48Cl3N5O4/c1-7-52-34-25-32(38(2,3)4)33(43)24-31(34)36-44-39(5,27-8-12-29(41)13-9-27)40(6,28-10-14-30(42)15-11-28)48(36)37(50)47-18-16-45(17-19-47)26-35(49)46-20-22-51-23-21-46/h8-15,24-25H,7,16-23,26H2,1-6H3/t39-,40+/m0/s1. The first-order valence-electron chi connectivity index (χ1n) is 17.9. The Morgan fingerprint density at radius 2 is 1.40 bits per heavy atom. The molecule has 0 aromatic heterocycles. The molecule has 3 aromatic carbocycles. The van der Waals surface area contributed by atoms with E-state index in [2.05, 4.69) is 39.5 Å². The average molecular weight is 769 g/mol. The number of morpholine rings is 1. The monoisotopic (exact) mass is 767 g/mol. The second kappa shape index (κ2) is 15.2. The number of benzene rings is 3. The number of hydrogen-bond donors (Lipinski definition) is 0. The second-order valence-electron chi connectivity index (χ2n) is 15.0. The van der Waals surface area contributed by atoms with Crippen LogP contribution in [0.25, 0.3) is 0 Å². The summed E-state index contributed by atoms with van der Waals surface area (Å²) in [5, 5.41) is 1.75. The van der Waals surface area contributed by atoms with Gasteiger partial charge in [0.2, 0.25) is 5.91 Å². The third-order valence-electron chi connectivity index (χ3n) is 10.7. The van der Waals surface area contributed by atoms with Crippen molar-refractivity contribution in [3.8, 4) is 5.75 Å². The van der Waals surface area contributed by atoms with Gasteiger partial charge in [0, 0.05) is 54.3 Å². The number of nitrogens with zero attached hydrogens (tertiary/aromatic N) is 5. The Balaban J connectivity index is 1.46. The van der Waals surface area contributed by atoms with Crippen LogP contribution in [0.5, 0.6) is 5.75 Å². The van der Waals surface area contributed by atoms with Gasteiger partial charge in [0.1, 0.15) is 22.7 Å². The number of hydrogen-bond acceptors (Lipinski definition) is 6. The Morgan fingerprint density at radius 1 is 0.827 bits per heavy atom. The van der Waals surface area contributed by atoms with Crippen LogP contribution in [0.4, 0.5) is 4.79 Å². The number of piperazine rings is 1. The molecule has 2 fully saturated rings. The quantitative estimate of drug-likeness (QED) is 0.245. The summed E-state index contributed by atoms with van der Waals surface area (Å²) in [5.41, 5.74) is 0.979. The molecule has 0 N–H and O–H groups in total. The molecule has 3 aromatic rings. The molecule has 278 valence electrons. The highest BCUT2D eigenvalue weighted by Gasteiger charge is 2.60. The summed E-state index contributed by atoms with van der Waals surface area (Å²) in [7, 11) is 0. The lowest BCUT2D eigenvalue weighted by Gasteiger charge is -2.47. The van der Waals surface area contributed by atoms with Gasteiger partial charge in [0.25, 0.3) is 0 Å². The molecule has 52 heavy (non-hydrogen) atoms. The fourth-order valence-corrected chi connectivity index (χ4v) is 8.19. The summed E-state index contributed by atoms with van der Waals surface area (Å²) < 4.78 is 11.7. The van der Waals surface area contributed by atoms with Gasteiger partial charge in [0.15, 0.2) is 0 Å². The molecule has 12 heteroatoms. The summed E-state index contributed by atoms with van der Waals surface area (Å²) in [6.45, 7) is 17.4. The SMILES string of the molecule is CCOc1cc(C(C)(C)C)c(Cl)cc1C1=N[C@@](C)(c2ccc(Cl)cc2)[C@@](C)(c2ccc(Cl)cc2)N1C(=O)N1CCN(CC(=O)N2CCOCC2)CC1. The Hall–Kier alpha value is -3.34. The number of carbonyl (C=O) groups excluding carboxylic acids is 2. The first-order valence-corrected chi connectivity index (χ1v) is 19.1. The smallest absolute Gasteiger partial charge is 0.326 e. The molecule has 3 heterocycles. The maximum Gasteiger partial charge on any atom is 0.326 e. The van der Waals surface area contributed by atoms with E-state index in [4.69, 9.17) is 49.3 Å². The number of aliphatic imine (C=N–C) groups is 1. The molecule has 0 radical (unpaired) electrons. The molecule has 9 nitrogen and oxygen atoms in total. The van der Waals surface area contributed by atoms with Crippen molar-refractivity contribution in [1.29, 1.82) is 0 Å². The van der Waals surface area contributed by atoms with E-state index in [1.165, 1.54) is 0 Å². The van der Waals surface area contributed by atoms with Crippen molar-refractivity contribution in [2.45, 2.75) is 58.0 Å². The lowest BCUT2D eigenvalue weighted by atomic mass is 9.71. The molecule has 0 aliphatic carbocycles. The fraction of sp³-hybridized carbons (Fsp3) is 0.475. The van der Waals surface area contributed by atoms with Crippen LogP contribution in [0.15, 0.2) is 65.7 Å². The summed E-state index contributed by atoms with van der Waals surface area (Å²) in [4.78, 5) is 41.6.